The summed E-state index contributed by atoms with van der Waals surface area (Å²) in [6, 6.07) is 13.4. The van der Waals surface area contributed by atoms with E-state index in [1.165, 1.54) is 6.07 Å². The van der Waals surface area contributed by atoms with Crippen LogP contribution in [0.5, 0.6) is 0 Å². The average Bonchev–Trinajstić information content (AvgIpc) is 2.46. The van der Waals surface area contributed by atoms with Crippen molar-refractivity contribution in [1.29, 1.82) is 5.26 Å². The number of halogens is 1. The Labute approximate surface area is 120 Å². The van der Waals surface area contributed by atoms with E-state index >= 15 is 0 Å². The van der Waals surface area contributed by atoms with Gasteiger partial charge in [-0.05, 0) is 12.1 Å². The van der Waals surface area contributed by atoms with Crippen molar-refractivity contribution in [2.45, 2.75) is 6.54 Å². The van der Waals surface area contributed by atoms with Gasteiger partial charge in [-0.15, -0.1) is 0 Å². The Bertz CT molecular complexity index is 695. The van der Waals surface area contributed by atoms with Gasteiger partial charge in [-0.3, -0.25) is 10.1 Å². The standard InChI is InChI=1S/C14H10ClN3O2/c15-12-6-3-5-10(8-16)14(12)17-9-11-4-1-2-7-13(11)18(19)20/h1-7,17H,9H2. The maximum atomic E-state index is 10.9. The number of anilines is 1. The van der Waals surface area contributed by atoms with Crippen LogP contribution >= 0.6 is 11.6 Å². The van der Waals surface area contributed by atoms with Gasteiger partial charge in [-0.1, -0.05) is 35.9 Å². The Morgan fingerprint density at radius 2 is 2.00 bits per heavy atom. The fourth-order valence-electron chi connectivity index (χ4n) is 1.82. The number of benzene rings is 2. The van der Waals surface area contributed by atoms with Gasteiger partial charge in [0.25, 0.3) is 5.69 Å². The summed E-state index contributed by atoms with van der Waals surface area (Å²) >= 11 is 6.03. The fourth-order valence-corrected chi connectivity index (χ4v) is 2.06. The molecular weight excluding hydrogens is 278 g/mol. The first-order chi connectivity index (χ1) is 9.63. The minimum Gasteiger partial charge on any atom is -0.378 e. The van der Waals surface area contributed by atoms with Crippen molar-refractivity contribution in [3.8, 4) is 6.07 Å². The molecule has 2 aromatic carbocycles. The summed E-state index contributed by atoms with van der Waals surface area (Å²) in [5.41, 5.74) is 1.44. The van der Waals surface area contributed by atoms with Gasteiger partial charge in [0.15, 0.2) is 0 Å². The number of hydrogen-bond acceptors (Lipinski definition) is 4. The number of nitro benzene ring substituents is 1. The van der Waals surface area contributed by atoms with Crippen LogP contribution in [0.2, 0.25) is 5.02 Å². The average molecular weight is 288 g/mol. The second-order valence-corrected chi connectivity index (χ2v) is 4.42. The molecule has 0 radical (unpaired) electrons. The number of nitriles is 1. The van der Waals surface area contributed by atoms with Gasteiger partial charge in [-0.2, -0.15) is 5.26 Å². The van der Waals surface area contributed by atoms with Gasteiger partial charge in [0.2, 0.25) is 0 Å². The Morgan fingerprint density at radius 3 is 2.70 bits per heavy atom. The van der Waals surface area contributed by atoms with Crippen LogP contribution < -0.4 is 5.32 Å². The van der Waals surface area contributed by atoms with E-state index in [2.05, 4.69) is 5.32 Å². The molecule has 2 rings (SSSR count). The van der Waals surface area contributed by atoms with Crippen LogP contribution in [0.3, 0.4) is 0 Å². The van der Waals surface area contributed by atoms with Gasteiger partial charge in [0.1, 0.15) is 6.07 Å². The molecule has 20 heavy (non-hydrogen) atoms. The van der Waals surface area contributed by atoms with Crippen LogP contribution in [0.1, 0.15) is 11.1 Å². The first-order valence-electron chi connectivity index (χ1n) is 5.78. The van der Waals surface area contributed by atoms with Crippen LogP contribution in [-0.2, 0) is 6.54 Å². The summed E-state index contributed by atoms with van der Waals surface area (Å²) < 4.78 is 0. The van der Waals surface area contributed by atoms with Gasteiger partial charge < -0.3 is 5.32 Å². The van der Waals surface area contributed by atoms with E-state index in [1.54, 1.807) is 36.4 Å². The lowest BCUT2D eigenvalue weighted by atomic mass is 10.1. The number of nitrogens with one attached hydrogen (secondary N) is 1. The largest absolute Gasteiger partial charge is 0.378 e. The van der Waals surface area contributed by atoms with Crippen molar-refractivity contribution in [3.63, 3.8) is 0 Å². The molecule has 0 bridgehead atoms. The first kappa shape index (κ1) is 13.8. The van der Waals surface area contributed by atoms with E-state index in [9.17, 15) is 10.1 Å². The Hall–Kier alpha value is -2.58. The topological polar surface area (TPSA) is 79.0 Å². The molecule has 0 atom stereocenters. The van der Waals surface area contributed by atoms with Crippen LogP contribution in [0.4, 0.5) is 11.4 Å². The number of rotatable bonds is 4. The third kappa shape index (κ3) is 2.87. The van der Waals surface area contributed by atoms with E-state index in [4.69, 9.17) is 16.9 Å². The van der Waals surface area contributed by atoms with Crippen molar-refractivity contribution in [2.24, 2.45) is 0 Å². The van der Waals surface area contributed by atoms with E-state index in [1.807, 2.05) is 6.07 Å². The van der Waals surface area contributed by atoms with E-state index in [-0.39, 0.29) is 12.2 Å². The van der Waals surface area contributed by atoms with E-state index in [0.717, 1.165) is 0 Å². The zero-order valence-electron chi connectivity index (χ0n) is 10.3. The Kier molecular flexibility index (Phi) is 4.18. The highest BCUT2D eigenvalue weighted by Crippen LogP contribution is 2.27. The molecular formula is C14H10ClN3O2. The first-order valence-corrected chi connectivity index (χ1v) is 6.16. The second-order valence-electron chi connectivity index (χ2n) is 4.01. The molecule has 0 aliphatic rings. The quantitative estimate of drug-likeness (QED) is 0.686. The summed E-state index contributed by atoms with van der Waals surface area (Å²) in [6.45, 7) is 0.218. The number of hydrogen-bond donors (Lipinski definition) is 1. The minimum absolute atomic E-state index is 0.0329. The molecule has 100 valence electrons. The molecule has 0 saturated carbocycles. The molecule has 5 nitrogen and oxygen atoms in total. The van der Waals surface area contributed by atoms with Crippen molar-refractivity contribution < 1.29 is 4.92 Å². The fraction of sp³-hybridized carbons (Fsp3) is 0.0714. The van der Waals surface area contributed by atoms with Crippen LogP contribution in [-0.4, -0.2) is 4.92 Å². The molecule has 2 aromatic rings. The highest BCUT2D eigenvalue weighted by atomic mass is 35.5. The van der Waals surface area contributed by atoms with Crippen molar-refractivity contribution in [1.82, 2.24) is 0 Å². The molecule has 0 aliphatic heterocycles. The predicted molar refractivity (Wildman–Crippen MR) is 76.6 cm³/mol. The lowest BCUT2D eigenvalue weighted by Crippen LogP contribution is -2.04. The number of nitrogens with zero attached hydrogens (tertiary/aromatic N) is 2. The number of nitro groups is 1. The molecule has 1 N–H and O–H groups in total. The summed E-state index contributed by atoms with van der Waals surface area (Å²) in [5.74, 6) is 0. The third-order valence-electron chi connectivity index (χ3n) is 2.78. The molecule has 0 unspecified atom stereocenters. The lowest BCUT2D eigenvalue weighted by Gasteiger charge is -2.10. The zero-order chi connectivity index (χ0) is 14.5. The van der Waals surface area contributed by atoms with Crippen LogP contribution in [0.15, 0.2) is 42.5 Å². The molecule has 0 aromatic heterocycles. The predicted octanol–water partition coefficient (Wildman–Crippen LogP) is 3.73. The summed E-state index contributed by atoms with van der Waals surface area (Å²) in [6.07, 6.45) is 0. The third-order valence-corrected chi connectivity index (χ3v) is 3.09. The van der Waals surface area contributed by atoms with Crippen molar-refractivity contribution in [3.05, 3.63) is 68.7 Å². The molecule has 0 fully saturated rings. The maximum Gasteiger partial charge on any atom is 0.274 e. The normalized spacial score (nSPS) is 9.80. The summed E-state index contributed by atoms with van der Waals surface area (Å²) in [5, 5.41) is 23.3. The minimum atomic E-state index is -0.436. The van der Waals surface area contributed by atoms with Crippen molar-refractivity contribution in [2.75, 3.05) is 5.32 Å². The SMILES string of the molecule is N#Cc1cccc(Cl)c1NCc1ccccc1[N+](=O)[O-]. The highest BCUT2D eigenvalue weighted by molar-refractivity contribution is 6.33. The van der Waals surface area contributed by atoms with E-state index in [0.29, 0.717) is 21.8 Å². The van der Waals surface area contributed by atoms with Gasteiger partial charge in [0.05, 0.1) is 21.2 Å². The Morgan fingerprint density at radius 1 is 1.25 bits per heavy atom. The Balaban J connectivity index is 2.27. The van der Waals surface area contributed by atoms with Crippen LogP contribution in [0.25, 0.3) is 0 Å². The maximum absolute atomic E-state index is 10.9. The van der Waals surface area contributed by atoms with Crippen molar-refractivity contribution >= 4 is 23.0 Å². The molecule has 0 saturated heterocycles. The van der Waals surface area contributed by atoms with Gasteiger partial charge in [-0.25, -0.2) is 0 Å². The van der Waals surface area contributed by atoms with Gasteiger partial charge >= 0.3 is 0 Å². The van der Waals surface area contributed by atoms with E-state index < -0.39 is 4.92 Å². The van der Waals surface area contributed by atoms with Gasteiger partial charge in [0, 0.05) is 18.2 Å². The molecule has 0 spiro atoms. The zero-order valence-corrected chi connectivity index (χ0v) is 11.1. The molecule has 0 heterocycles. The molecule has 0 amide bonds. The lowest BCUT2D eigenvalue weighted by molar-refractivity contribution is -0.385. The number of para-hydroxylation sites is 2. The van der Waals surface area contributed by atoms with Crippen LogP contribution in [0, 0.1) is 21.4 Å². The summed E-state index contributed by atoms with van der Waals surface area (Å²) in [4.78, 5) is 10.5. The summed E-state index contributed by atoms with van der Waals surface area (Å²) in [7, 11) is 0. The highest BCUT2D eigenvalue weighted by Gasteiger charge is 2.13. The molecule has 0 aliphatic carbocycles. The monoisotopic (exact) mass is 287 g/mol. The second kappa shape index (κ2) is 6.04. The molecule has 6 heteroatoms. The smallest absolute Gasteiger partial charge is 0.274 e.